The van der Waals surface area contributed by atoms with E-state index in [2.05, 4.69) is 15.3 Å². The van der Waals surface area contributed by atoms with Crippen LogP contribution in [0.1, 0.15) is 12.6 Å². The van der Waals surface area contributed by atoms with E-state index in [1.54, 1.807) is 13.2 Å². The van der Waals surface area contributed by atoms with Crippen molar-refractivity contribution in [1.29, 1.82) is 0 Å². The van der Waals surface area contributed by atoms with E-state index in [0.717, 1.165) is 5.69 Å². The van der Waals surface area contributed by atoms with Gasteiger partial charge in [-0.25, -0.2) is 4.98 Å². The maximum absolute atomic E-state index is 11.0. The molecular formula is C14H17N5O2. The fourth-order valence-electron chi connectivity index (χ4n) is 1.94. The van der Waals surface area contributed by atoms with Crippen LogP contribution in [0.2, 0.25) is 0 Å². The van der Waals surface area contributed by atoms with Crippen LogP contribution in [-0.2, 0) is 6.54 Å². The first-order valence-electron chi connectivity index (χ1n) is 6.63. The summed E-state index contributed by atoms with van der Waals surface area (Å²) in [6, 6.07) is 8.57. The van der Waals surface area contributed by atoms with Gasteiger partial charge in [0.05, 0.1) is 29.3 Å². The van der Waals surface area contributed by atoms with Gasteiger partial charge in [-0.1, -0.05) is 6.07 Å². The highest BCUT2D eigenvalue weighted by Crippen LogP contribution is 2.24. The Hall–Kier alpha value is -2.70. The zero-order valence-electron chi connectivity index (χ0n) is 12.0. The van der Waals surface area contributed by atoms with E-state index in [9.17, 15) is 10.1 Å². The largest absolute Gasteiger partial charge is 0.373 e. The number of anilines is 2. The lowest BCUT2D eigenvalue weighted by Crippen LogP contribution is -2.24. The lowest BCUT2D eigenvalue weighted by Gasteiger charge is -2.21. The molecule has 0 bridgehead atoms. The molecule has 0 fully saturated rings. The summed E-state index contributed by atoms with van der Waals surface area (Å²) in [7, 11) is 1.69. The number of hydrogen-bond acceptors (Lipinski definition) is 6. The number of nitrogens with one attached hydrogen (secondary N) is 1. The van der Waals surface area contributed by atoms with Crippen molar-refractivity contribution >= 4 is 17.3 Å². The molecular weight excluding hydrogens is 270 g/mol. The first kappa shape index (κ1) is 14.7. The third-order valence-corrected chi connectivity index (χ3v) is 3.05. The van der Waals surface area contributed by atoms with E-state index >= 15 is 0 Å². The van der Waals surface area contributed by atoms with E-state index < -0.39 is 4.92 Å². The molecule has 110 valence electrons. The van der Waals surface area contributed by atoms with E-state index in [1.807, 2.05) is 30.0 Å². The smallest absolute Gasteiger partial charge is 0.276 e. The van der Waals surface area contributed by atoms with Crippen LogP contribution in [0, 0.1) is 10.1 Å². The van der Waals surface area contributed by atoms with Crippen LogP contribution in [0.5, 0.6) is 0 Å². The summed E-state index contributed by atoms with van der Waals surface area (Å²) >= 11 is 0. The van der Waals surface area contributed by atoms with Crippen LogP contribution in [-0.4, -0.2) is 28.5 Å². The maximum Gasteiger partial charge on any atom is 0.276 e. The van der Waals surface area contributed by atoms with Crippen LogP contribution in [0.15, 0.2) is 36.5 Å². The number of aromatic nitrogens is 2. The molecule has 0 aliphatic rings. The quantitative estimate of drug-likeness (QED) is 0.649. The maximum atomic E-state index is 11.0. The SMILES string of the molecule is CCN(Cc1ccccn1)c1cc([N+](=O)[O-])cc(NC)n1. The van der Waals surface area contributed by atoms with E-state index in [1.165, 1.54) is 12.1 Å². The second-order valence-corrected chi connectivity index (χ2v) is 4.41. The molecule has 0 saturated carbocycles. The fourth-order valence-corrected chi connectivity index (χ4v) is 1.94. The summed E-state index contributed by atoms with van der Waals surface area (Å²) in [6.07, 6.45) is 1.73. The summed E-state index contributed by atoms with van der Waals surface area (Å²) in [5.41, 5.74) is 0.905. The average Bonchev–Trinajstić information content (AvgIpc) is 2.53. The first-order chi connectivity index (χ1) is 10.1. The number of nitro groups is 1. The molecule has 21 heavy (non-hydrogen) atoms. The number of rotatable bonds is 6. The number of hydrogen-bond donors (Lipinski definition) is 1. The number of nitrogens with zero attached hydrogens (tertiary/aromatic N) is 4. The van der Waals surface area contributed by atoms with Crippen LogP contribution in [0.4, 0.5) is 17.3 Å². The zero-order valence-corrected chi connectivity index (χ0v) is 12.0. The third kappa shape index (κ3) is 3.65. The van der Waals surface area contributed by atoms with Gasteiger partial charge in [-0.2, -0.15) is 0 Å². The van der Waals surface area contributed by atoms with Crippen LogP contribution < -0.4 is 10.2 Å². The predicted molar refractivity (Wildman–Crippen MR) is 81.4 cm³/mol. The summed E-state index contributed by atoms with van der Waals surface area (Å²) in [4.78, 5) is 21.2. The van der Waals surface area contributed by atoms with Gasteiger partial charge in [0.15, 0.2) is 0 Å². The Labute approximate surface area is 122 Å². The lowest BCUT2D eigenvalue weighted by molar-refractivity contribution is -0.384. The molecule has 2 aromatic heterocycles. The van der Waals surface area contributed by atoms with Crippen molar-refractivity contribution < 1.29 is 4.92 Å². The third-order valence-electron chi connectivity index (χ3n) is 3.05. The van der Waals surface area contributed by atoms with Crippen molar-refractivity contribution in [2.24, 2.45) is 0 Å². The van der Waals surface area contributed by atoms with Gasteiger partial charge in [-0.3, -0.25) is 15.1 Å². The fraction of sp³-hybridized carbons (Fsp3) is 0.286. The highest BCUT2D eigenvalue weighted by atomic mass is 16.6. The van der Waals surface area contributed by atoms with Gasteiger partial charge >= 0.3 is 0 Å². The zero-order chi connectivity index (χ0) is 15.2. The molecule has 2 aromatic rings. The molecule has 0 radical (unpaired) electrons. The molecule has 0 unspecified atom stereocenters. The molecule has 2 rings (SSSR count). The second kappa shape index (κ2) is 6.65. The molecule has 1 N–H and O–H groups in total. The minimum absolute atomic E-state index is 0.0174. The number of pyridine rings is 2. The van der Waals surface area contributed by atoms with Gasteiger partial charge in [-0.05, 0) is 19.1 Å². The monoisotopic (exact) mass is 287 g/mol. The van der Waals surface area contributed by atoms with Gasteiger partial charge in [0.1, 0.15) is 11.6 Å². The minimum Gasteiger partial charge on any atom is -0.373 e. The van der Waals surface area contributed by atoms with Gasteiger partial charge in [0, 0.05) is 19.8 Å². The van der Waals surface area contributed by atoms with Crippen molar-refractivity contribution in [1.82, 2.24) is 9.97 Å². The Morgan fingerprint density at radius 3 is 2.76 bits per heavy atom. The molecule has 0 aromatic carbocycles. The Bertz CT molecular complexity index is 618. The molecule has 7 nitrogen and oxygen atoms in total. The average molecular weight is 287 g/mol. The minimum atomic E-state index is -0.416. The summed E-state index contributed by atoms with van der Waals surface area (Å²) in [5.74, 6) is 1.03. The Morgan fingerprint density at radius 1 is 1.38 bits per heavy atom. The normalized spacial score (nSPS) is 10.2. The second-order valence-electron chi connectivity index (χ2n) is 4.41. The molecule has 0 aliphatic carbocycles. The van der Waals surface area contributed by atoms with Crippen LogP contribution in [0.25, 0.3) is 0 Å². The van der Waals surface area contributed by atoms with Gasteiger partial charge in [0.25, 0.3) is 5.69 Å². The van der Waals surface area contributed by atoms with Crippen molar-refractivity contribution in [3.05, 3.63) is 52.3 Å². The molecule has 0 aliphatic heterocycles. The van der Waals surface area contributed by atoms with Crippen molar-refractivity contribution in [3.8, 4) is 0 Å². The predicted octanol–water partition coefficient (Wildman–Crippen LogP) is 2.45. The van der Waals surface area contributed by atoms with Gasteiger partial charge in [0.2, 0.25) is 0 Å². The molecule has 0 amide bonds. The Kier molecular flexibility index (Phi) is 4.65. The first-order valence-corrected chi connectivity index (χ1v) is 6.63. The molecule has 2 heterocycles. The Balaban J connectivity index is 2.32. The summed E-state index contributed by atoms with van der Waals surface area (Å²) in [6.45, 7) is 3.20. The lowest BCUT2D eigenvalue weighted by atomic mass is 10.3. The highest BCUT2D eigenvalue weighted by Gasteiger charge is 2.15. The van der Waals surface area contributed by atoms with E-state index in [4.69, 9.17) is 0 Å². The van der Waals surface area contributed by atoms with Crippen LogP contribution >= 0.6 is 0 Å². The van der Waals surface area contributed by atoms with Gasteiger partial charge < -0.3 is 10.2 Å². The molecule has 0 atom stereocenters. The molecule has 7 heteroatoms. The molecule has 0 saturated heterocycles. The van der Waals surface area contributed by atoms with Crippen molar-refractivity contribution in [2.75, 3.05) is 23.8 Å². The topological polar surface area (TPSA) is 84.2 Å². The standard InChI is InChI=1S/C14H17N5O2/c1-3-18(10-11-6-4-5-7-16-11)14-9-12(19(20)21)8-13(15-2)17-14/h4-9H,3,10H2,1-2H3,(H,15,17). The molecule has 0 spiro atoms. The Morgan fingerprint density at radius 2 is 2.19 bits per heavy atom. The van der Waals surface area contributed by atoms with Gasteiger partial charge in [-0.15, -0.1) is 0 Å². The van der Waals surface area contributed by atoms with Crippen molar-refractivity contribution in [3.63, 3.8) is 0 Å². The summed E-state index contributed by atoms with van der Waals surface area (Å²) in [5, 5.41) is 13.9. The van der Waals surface area contributed by atoms with Crippen LogP contribution in [0.3, 0.4) is 0 Å². The van der Waals surface area contributed by atoms with Crippen molar-refractivity contribution in [2.45, 2.75) is 13.5 Å². The highest BCUT2D eigenvalue weighted by molar-refractivity contribution is 5.55. The summed E-state index contributed by atoms with van der Waals surface area (Å²) < 4.78 is 0. The van der Waals surface area contributed by atoms with E-state index in [-0.39, 0.29) is 5.69 Å². The van der Waals surface area contributed by atoms with E-state index in [0.29, 0.717) is 24.7 Å².